The highest BCUT2D eigenvalue weighted by Crippen LogP contribution is 2.35. The molecule has 0 unspecified atom stereocenters. The van der Waals surface area contributed by atoms with E-state index in [0.717, 1.165) is 61.9 Å². The number of piperidine rings is 1. The van der Waals surface area contributed by atoms with Crippen molar-refractivity contribution in [3.63, 3.8) is 0 Å². The van der Waals surface area contributed by atoms with E-state index < -0.39 is 0 Å². The number of ether oxygens (including phenoxy) is 2. The summed E-state index contributed by atoms with van der Waals surface area (Å²) in [6.07, 6.45) is 5.93. The summed E-state index contributed by atoms with van der Waals surface area (Å²) in [4.78, 5) is 35.2. The number of nitrogens with zero attached hydrogens (tertiary/aromatic N) is 3. The lowest BCUT2D eigenvalue weighted by Crippen LogP contribution is -2.42. The molecule has 12 nitrogen and oxygen atoms in total. The molecule has 222 valence electrons. The van der Waals surface area contributed by atoms with Crippen molar-refractivity contribution in [1.29, 1.82) is 0 Å². The lowest BCUT2D eigenvalue weighted by Gasteiger charge is -2.35. The van der Waals surface area contributed by atoms with E-state index in [9.17, 15) is 9.59 Å². The van der Waals surface area contributed by atoms with Crippen molar-refractivity contribution >= 4 is 34.5 Å². The molecule has 0 bridgehead atoms. The summed E-state index contributed by atoms with van der Waals surface area (Å²) in [5.74, 6) is 2.05. The monoisotopic (exact) mass is 559 g/mol. The van der Waals surface area contributed by atoms with Gasteiger partial charge < -0.3 is 30.3 Å². The number of rotatable bonds is 16. The van der Waals surface area contributed by atoms with Crippen LogP contribution in [0.3, 0.4) is 0 Å². The highest BCUT2D eigenvalue weighted by atomic mass is 16.5. The number of benzene rings is 1. The summed E-state index contributed by atoms with van der Waals surface area (Å²) < 4.78 is 11.0. The topological polar surface area (TPSA) is 150 Å². The molecule has 1 fully saturated rings. The quantitative estimate of drug-likeness (QED) is 0.118. The predicted molar refractivity (Wildman–Crippen MR) is 155 cm³/mol. The van der Waals surface area contributed by atoms with Gasteiger partial charge in [0, 0.05) is 62.6 Å². The molecular weight excluding hydrogens is 514 g/mol. The van der Waals surface area contributed by atoms with Crippen molar-refractivity contribution in [2.75, 3.05) is 51.0 Å². The fourth-order valence-corrected chi connectivity index (χ4v) is 4.84. The number of likely N-dealkylation sites (tertiary alicyclic amines) is 1. The Balaban J connectivity index is 1.56. The summed E-state index contributed by atoms with van der Waals surface area (Å²) in [5, 5.41) is 19.2. The van der Waals surface area contributed by atoms with Gasteiger partial charge in [0.1, 0.15) is 5.82 Å². The maximum Gasteiger partial charge on any atom is 0.243 e. The Bertz CT molecular complexity index is 1110. The molecule has 0 saturated carbocycles. The molecule has 1 aromatic heterocycles. The molecule has 40 heavy (non-hydrogen) atoms. The molecule has 12 heteroatoms. The molecular formula is C28H45N7O5. The summed E-state index contributed by atoms with van der Waals surface area (Å²) in [7, 11) is 3.22. The van der Waals surface area contributed by atoms with E-state index in [1.165, 1.54) is 0 Å². The zero-order valence-electron chi connectivity index (χ0n) is 24.2. The molecule has 5 N–H and O–H groups in total. The van der Waals surface area contributed by atoms with E-state index in [1.54, 1.807) is 19.7 Å². The van der Waals surface area contributed by atoms with Gasteiger partial charge in [0.05, 0.1) is 19.7 Å². The zero-order chi connectivity index (χ0) is 28.9. The Morgan fingerprint density at radius 1 is 0.975 bits per heavy atom. The minimum atomic E-state index is -0.380. The Kier molecular flexibility index (Phi) is 12.5. The van der Waals surface area contributed by atoms with Crippen LogP contribution in [0.1, 0.15) is 65.2 Å². The highest BCUT2D eigenvalue weighted by Gasteiger charge is 2.22. The van der Waals surface area contributed by atoms with Gasteiger partial charge in [-0.15, -0.1) is 0 Å². The minimum absolute atomic E-state index is 0.0127. The van der Waals surface area contributed by atoms with Gasteiger partial charge in [-0.2, -0.15) is 4.98 Å². The molecule has 1 aromatic carbocycles. The fraction of sp³-hybridized carbons (Fsp3) is 0.643. The van der Waals surface area contributed by atoms with Gasteiger partial charge in [0.2, 0.25) is 17.8 Å². The van der Waals surface area contributed by atoms with Gasteiger partial charge >= 0.3 is 0 Å². The summed E-state index contributed by atoms with van der Waals surface area (Å²) in [5.41, 5.74) is 2.36. The van der Waals surface area contributed by atoms with Crippen LogP contribution in [-0.4, -0.2) is 84.4 Å². The van der Waals surface area contributed by atoms with Gasteiger partial charge in [0.25, 0.3) is 0 Å². The molecule has 2 amide bonds. The number of amides is 2. The summed E-state index contributed by atoms with van der Waals surface area (Å²) in [6.45, 7) is 7.47. The van der Waals surface area contributed by atoms with Crippen molar-refractivity contribution < 1.29 is 24.3 Å². The van der Waals surface area contributed by atoms with Crippen LogP contribution in [0.15, 0.2) is 12.1 Å². The first-order valence-corrected chi connectivity index (χ1v) is 14.2. The predicted octanol–water partition coefficient (Wildman–Crippen LogP) is 3.31. The molecule has 2 heterocycles. The standard InChI is InChI=1S/C28H45N7O5/c1-19(2)35-15-11-20(12-16-35)31-27-21-17-23(39-3)24(40-4)18-22(21)32-28(33-27)30-14-13-29-25(36)9-7-5-6-8-10-26(37)34-38/h17-20,38H,5-16H2,1-4H3,(H,29,36)(H,34,37)(H2,30,31,32,33). The van der Waals surface area contributed by atoms with Gasteiger partial charge in [-0.1, -0.05) is 12.8 Å². The third-order valence-electron chi connectivity index (χ3n) is 7.21. The second kappa shape index (κ2) is 16.0. The maximum absolute atomic E-state index is 12.2. The van der Waals surface area contributed by atoms with E-state index >= 15 is 0 Å². The molecule has 0 aliphatic carbocycles. The van der Waals surface area contributed by atoms with Crippen LogP contribution in [0.25, 0.3) is 10.9 Å². The largest absolute Gasteiger partial charge is 0.493 e. The zero-order valence-corrected chi connectivity index (χ0v) is 24.2. The summed E-state index contributed by atoms with van der Waals surface area (Å²) in [6, 6.07) is 4.61. The number of fused-ring (bicyclic) bond motifs is 1. The van der Waals surface area contributed by atoms with E-state index in [0.29, 0.717) is 61.9 Å². The first-order valence-electron chi connectivity index (χ1n) is 14.2. The molecule has 0 spiro atoms. The smallest absolute Gasteiger partial charge is 0.243 e. The Labute approximate surface area is 236 Å². The van der Waals surface area contributed by atoms with Crippen molar-refractivity contribution in [2.45, 2.75) is 77.3 Å². The van der Waals surface area contributed by atoms with E-state index in [-0.39, 0.29) is 11.8 Å². The van der Waals surface area contributed by atoms with Gasteiger partial charge in [0.15, 0.2) is 11.5 Å². The average Bonchev–Trinajstić information content (AvgIpc) is 2.96. The highest BCUT2D eigenvalue weighted by molar-refractivity contribution is 5.92. The van der Waals surface area contributed by atoms with Crippen LogP contribution in [0.4, 0.5) is 11.8 Å². The number of nitrogens with one attached hydrogen (secondary N) is 4. The van der Waals surface area contributed by atoms with Crippen LogP contribution < -0.4 is 30.9 Å². The van der Waals surface area contributed by atoms with Crippen LogP contribution >= 0.6 is 0 Å². The number of carbonyl (C=O) groups is 2. The minimum Gasteiger partial charge on any atom is -0.493 e. The van der Waals surface area contributed by atoms with Crippen molar-refractivity contribution in [3.05, 3.63) is 12.1 Å². The van der Waals surface area contributed by atoms with Gasteiger partial charge in [-0.25, -0.2) is 10.5 Å². The van der Waals surface area contributed by atoms with Crippen LogP contribution in [-0.2, 0) is 9.59 Å². The normalized spacial score (nSPS) is 14.2. The number of hydroxylamine groups is 1. The average molecular weight is 560 g/mol. The fourth-order valence-electron chi connectivity index (χ4n) is 4.84. The third-order valence-corrected chi connectivity index (χ3v) is 7.21. The van der Waals surface area contributed by atoms with E-state index in [4.69, 9.17) is 24.6 Å². The van der Waals surface area contributed by atoms with Crippen molar-refractivity contribution in [1.82, 2.24) is 25.7 Å². The number of hydrogen-bond acceptors (Lipinski definition) is 10. The first kappa shape index (κ1) is 31.2. The van der Waals surface area contributed by atoms with E-state index in [2.05, 4.69) is 34.7 Å². The number of anilines is 2. The van der Waals surface area contributed by atoms with Crippen LogP contribution in [0.5, 0.6) is 11.5 Å². The lowest BCUT2D eigenvalue weighted by molar-refractivity contribution is -0.129. The first-order chi connectivity index (χ1) is 19.3. The molecule has 1 saturated heterocycles. The second-order valence-electron chi connectivity index (χ2n) is 10.4. The Morgan fingerprint density at radius 3 is 2.25 bits per heavy atom. The van der Waals surface area contributed by atoms with Crippen molar-refractivity contribution in [3.8, 4) is 11.5 Å². The third kappa shape index (κ3) is 9.37. The molecule has 1 aliphatic heterocycles. The second-order valence-corrected chi connectivity index (χ2v) is 10.4. The van der Waals surface area contributed by atoms with Gasteiger partial charge in [-0.05, 0) is 45.6 Å². The number of aromatic nitrogens is 2. The number of unbranched alkanes of at least 4 members (excludes halogenated alkanes) is 3. The number of hydrogen-bond donors (Lipinski definition) is 5. The molecule has 3 rings (SSSR count). The number of carbonyl (C=O) groups excluding carboxylic acids is 2. The van der Waals surface area contributed by atoms with Crippen LogP contribution in [0, 0.1) is 0 Å². The Morgan fingerprint density at radius 2 is 1.62 bits per heavy atom. The molecule has 2 aromatic rings. The van der Waals surface area contributed by atoms with E-state index in [1.807, 2.05) is 12.1 Å². The van der Waals surface area contributed by atoms with Gasteiger partial charge in [-0.3, -0.25) is 14.8 Å². The molecule has 0 atom stereocenters. The lowest BCUT2D eigenvalue weighted by atomic mass is 10.0. The number of methoxy groups -OCH3 is 2. The summed E-state index contributed by atoms with van der Waals surface area (Å²) >= 11 is 0. The SMILES string of the molecule is COc1cc2nc(NCCNC(=O)CCCCCCC(=O)NO)nc(NC3CCN(C(C)C)CC3)c2cc1OC. The Hall–Kier alpha value is -3.38. The maximum atomic E-state index is 12.2. The molecule has 0 radical (unpaired) electrons. The molecule has 1 aliphatic rings. The van der Waals surface area contributed by atoms with Crippen molar-refractivity contribution in [2.24, 2.45) is 0 Å². The van der Waals surface area contributed by atoms with Crippen LogP contribution in [0.2, 0.25) is 0 Å².